The lowest BCUT2D eigenvalue weighted by atomic mass is 10.2. The van der Waals surface area contributed by atoms with E-state index in [0.29, 0.717) is 5.02 Å². The Bertz CT molecular complexity index is 344. The number of hydrogen-bond acceptors (Lipinski definition) is 2. The topological polar surface area (TPSA) is 65.5 Å². The van der Waals surface area contributed by atoms with E-state index in [1.165, 1.54) is 5.01 Å². The Kier molecular flexibility index (Phi) is 3.48. The monoisotopic (exact) mass is 210 g/mol. The number of guanidine groups is 1. The Morgan fingerprint density at radius 1 is 1.50 bits per heavy atom. The van der Waals surface area contributed by atoms with Gasteiger partial charge in [-0.25, -0.2) is 5.01 Å². The lowest BCUT2D eigenvalue weighted by Gasteiger charge is -2.08. The molecule has 1 aromatic rings. The molecule has 0 bridgehead atoms. The molecule has 0 amide bonds. The quantitative estimate of drug-likeness (QED) is 0.441. The number of nitrogens with two attached hydrogens (primary N) is 1. The second-order valence-corrected chi connectivity index (χ2v) is 3.14. The third-order valence-corrected chi connectivity index (χ3v) is 1.85. The van der Waals surface area contributed by atoms with E-state index < -0.39 is 0 Å². The second kappa shape index (κ2) is 4.62. The van der Waals surface area contributed by atoms with Crippen LogP contribution in [-0.4, -0.2) is 24.2 Å². The molecule has 0 atom stereocenters. The highest BCUT2D eigenvalue weighted by Crippen LogP contribution is 2.07. The number of nitrogens with one attached hydrogen (secondary N) is 1. The number of nitrogens with zero attached hydrogens (tertiary/aromatic N) is 2. The summed E-state index contributed by atoms with van der Waals surface area (Å²) in [4.78, 5) is 0. The van der Waals surface area contributed by atoms with E-state index >= 15 is 0 Å². The highest BCUT2D eigenvalue weighted by atomic mass is 35.5. The van der Waals surface area contributed by atoms with Gasteiger partial charge in [0.25, 0.3) is 0 Å². The van der Waals surface area contributed by atoms with Crippen LogP contribution in [0.2, 0.25) is 5.02 Å². The third kappa shape index (κ3) is 3.06. The summed E-state index contributed by atoms with van der Waals surface area (Å²) in [6, 6.07) is 7.22. The second-order valence-electron chi connectivity index (χ2n) is 2.70. The van der Waals surface area contributed by atoms with E-state index in [9.17, 15) is 0 Å². The van der Waals surface area contributed by atoms with Crippen LogP contribution in [0.4, 0.5) is 0 Å². The molecule has 0 unspecified atom stereocenters. The fourth-order valence-corrected chi connectivity index (χ4v) is 0.890. The Morgan fingerprint density at radius 3 is 2.57 bits per heavy atom. The molecule has 0 aliphatic rings. The van der Waals surface area contributed by atoms with E-state index in [1.54, 1.807) is 25.4 Å². The van der Waals surface area contributed by atoms with Crippen molar-refractivity contribution >= 4 is 23.8 Å². The fraction of sp³-hybridized carbons (Fsp3) is 0.111. The highest BCUT2D eigenvalue weighted by molar-refractivity contribution is 6.30. The summed E-state index contributed by atoms with van der Waals surface area (Å²) in [5.74, 6) is -0.102. The van der Waals surface area contributed by atoms with Crippen molar-refractivity contribution < 1.29 is 0 Å². The fourth-order valence-electron chi connectivity index (χ4n) is 0.764. The average Bonchev–Trinajstić information content (AvgIpc) is 2.16. The lowest BCUT2D eigenvalue weighted by Crippen LogP contribution is -2.28. The molecule has 0 radical (unpaired) electrons. The third-order valence-electron chi connectivity index (χ3n) is 1.60. The van der Waals surface area contributed by atoms with Gasteiger partial charge in [-0.3, -0.25) is 5.41 Å². The van der Waals surface area contributed by atoms with Gasteiger partial charge in [0.05, 0.1) is 6.21 Å². The SMILES string of the molecule is CN(/N=C/c1ccc(Cl)cc1)C(=N)N. The van der Waals surface area contributed by atoms with E-state index in [4.69, 9.17) is 22.7 Å². The van der Waals surface area contributed by atoms with Crippen LogP contribution < -0.4 is 5.73 Å². The Balaban J connectivity index is 2.69. The maximum absolute atomic E-state index is 7.07. The molecule has 0 heterocycles. The van der Waals surface area contributed by atoms with Crippen LogP contribution in [0.25, 0.3) is 0 Å². The predicted molar refractivity (Wildman–Crippen MR) is 58.7 cm³/mol. The first kappa shape index (κ1) is 10.5. The molecule has 0 saturated heterocycles. The Morgan fingerprint density at radius 2 is 2.07 bits per heavy atom. The van der Waals surface area contributed by atoms with Crippen LogP contribution in [-0.2, 0) is 0 Å². The molecule has 1 rings (SSSR count). The van der Waals surface area contributed by atoms with Gasteiger partial charge in [-0.15, -0.1) is 0 Å². The summed E-state index contributed by atoms with van der Waals surface area (Å²) < 4.78 is 0. The predicted octanol–water partition coefficient (Wildman–Crippen LogP) is 1.50. The maximum atomic E-state index is 7.07. The molecule has 14 heavy (non-hydrogen) atoms. The molecule has 0 fully saturated rings. The normalized spacial score (nSPS) is 10.4. The van der Waals surface area contributed by atoms with E-state index in [1.807, 2.05) is 12.1 Å². The van der Waals surface area contributed by atoms with Crippen molar-refractivity contribution in [3.8, 4) is 0 Å². The summed E-state index contributed by atoms with van der Waals surface area (Å²) in [7, 11) is 1.61. The maximum Gasteiger partial charge on any atom is 0.208 e. The number of rotatable bonds is 2. The minimum absolute atomic E-state index is 0.102. The largest absolute Gasteiger partial charge is 0.369 e. The van der Waals surface area contributed by atoms with Gasteiger partial charge in [0.15, 0.2) is 0 Å². The zero-order chi connectivity index (χ0) is 10.6. The van der Waals surface area contributed by atoms with Crippen molar-refractivity contribution in [3.05, 3.63) is 34.9 Å². The van der Waals surface area contributed by atoms with Crippen LogP contribution in [0, 0.1) is 5.41 Å². The van der Waals surface area contributed by atoms with E-state index in [2.05, 4.69) is 5.10 Å². The number of halogens is 1. The van der Waals surface area contributed by atoms with E-state index in [0.717, 1.165) is 5.56 Å². The van der Waals surface area contributed by atoms with Crippen molar-refractivity contribution in [2.75, 3.05) is 7.05 Å². The summed E-state index contributed by atoms with van der Waals surface area (Å²) in [6.45, 7) is 0. The van der Waals surface area contributed by atoms with E-state index in [-0.39, 0.29) is 5.96 Å². The highest BCUT2D eigenvalue weighted by Gasteiger charge is 1.93. The van der Waals surface area contributed by atoms with Crippen molar-refractivity contribution in [2.24, 2.45) is 10.8 Å². The minimum Gasteiger partial charge on any atom is -0.369 e. The summed E-state index contributed by atoms with van der Waals surface area (Å²) in [5.41, 5.74) is 6.10. The number of benzene rings is 1. The lowest BCUT2D eigenvalue weighted by molar-refractivity contribution is 0.536. The number of hydrazone groups is 1. The van der Waals surface area contributed by atoms with Crippen molar-refractivity contribution in [2.45, 2.75) is 0 Å². The van der Waals surface area contributed by atoms with Crippen molar-refractivity contribution in [3.63, 3.8) is 0 Å². The number of hydrogen-bond donors (Lipinski definition) is 2. The first-order valence-electron chi connectivity index (χ1n) is 3.97. The van der Waals surface area contributed by atoms with Crippen molar-refractivity contribution in [1.82, 2.24) is 5.01 Å². The summed E-state index contributed by atoms with van der Waals surface area (Å²) >= 11 is 5.72. The van der Waals surface area contributed by atoms with Crippen LogP contribution in [0.5, 0.6) is 0 Å². The minimum atomic E-state index is -0.102. The summed E-state index contributed by atoms with van der Waals surface area (Å²) in [5, 5.41) is 13.0. The van der Waals surface area contributed by atoms with Gasteiger partial charge in [-0.2, -0.15) is 5.10 Å². The van der Waals surface area contributed by atoms with Gasteiger partial charge in [0.1, 0.15) is 0 Å². The van der Waals surface area contributed by atoms with Gasteiger partial charge in [-0.05, 0) is 17.7 Å². The molecule has 0 aromatic heterocycles. The molecule has 4 nitrogen and oxygen atoms in total. The van der Waals surface area contributed by atoms with Crippen LogP contribution in [0.15, 0.2) is 29.4 Å². The Hall–Kier alpha value is -1.55. The van der Waals surface area contributed by atoms with Crippen LogP contribution in [0.1, 0.15) is 5.56 Å². The van der Waals surface area contributed by atoms with Crippen LogP contribution >= 0.6 is 11.6 Å². The Labute approximate surface area is 87.5 Å². The molecule has 1 aromatic carbocycles. The van der Waals surface area contributed by atoms with Crippen molar-refractivity contribution in [1.29, 1.82) is 5.41 Å². The molecule has 5 heteroatoms. The van der Waals surface area contributed by atoms with Gasteiger partial charge >= 0.3 is 0 Å². The zero-order valence-electron chi connectivity index (χ0n) is 7.74. The molecule has 0 aliphatic heterocycles. The first-order valence-corrected chi connectivity index (χ1v) is 4.34. The van der Waals surface area contributed by atoms with Gasteiger partial charge in [0.2, 0.25) is 5.96 Å². The average molecular weight is 211 g/mol. The first-order chi connectivity index (χ1) is 6.59. The van der Waals surface area contributed by atoms with Crippen LogP contribution in [0.3, 0.4) is 0 Å². The van der Waals surface area contributed by atoms with Gasteiger partial charge < -0.3 is 5.73 Å². The summed E-state index contributed by atoms with van der Waals surface area (Å²) in [6.07, 6.45) is 1.61. The molecule has 0 spiro atoms. The van der Waals surface area contributed by atoms with Gasteiger partial charge in [-0.1, -0.05) is 23.7 Å². The molecular formula is C9H11ClN4. The molecule has 3 N–H and O–H groups in total. The van der Waals surface area contributed by atoms with Gasteiger partial charge in [0, 0.05) is 12.1 Å². The molecule has 0 saturated carbocycles. The molecule has 74 valence electrons. The zero-order valence-corrected chi connectivity index (χ0v) is 8.49. The molecular weight excluding hydrogens is 200 g/mol. The standard InChI is InChI=1S/C9H11ClN4/c1-14(9(11)12)13-6-7-2-4-8(10)5-3-7/h2-6H,1H3,(H3,11,12)/b13-6+. The smallest absolute Gasteiger partial charge is 0.208 e. The molecule has 0 aliphatic carbocycles.